The number of benzene rings is 1. The summed E-state index contributed by atoms with van der Waals surface area (Å²) < 4.78 is 20.5. The van der Waals surface area contributed by atoms with Crippen LogP contribution in [0.25, 0.3) is 0 Å². The highest BCUT2D eigenvalue weighted by Gasteiger charge is 2.27. The lowest BCUT2D eigenvalue weighted by Crippen LogP contribution is -2.31. The summed E-state index contributed by atoms with van der Waals surface area (Å²) in [7, 11) is 0. The van der Waals surface area contributed by atoms with Crippen LogP contribution in [0, 0.1) is 11.7 Å². The highest BCUT2D eigenvalue weighted by Crippen LogP contribution is 2.34. The molecule has 0 heterocycles. The second kappa shape index (κ2) is 7.79. The van der Waals surface area contributed by atoms with Crippen LogP contribution in [0.2, 0.25) is 0 Å². The van der Waals surface area contributed by atoms with Gasteiger partial charge in [0.15, 0.2) is 0 Å². The molecule has 21 heavy (non-hydrogen) atoms. The maximum absolute atomic E-state index is 14.2. The van der Waals surface area contributed by atoms with Crippen molar-refractivity contribution in [2.75, 3.05) is 6.54 Å². The van der Waals surface area contributed by atoms with E-state index in [1.807, 2.05) is 19.9 Å². The van der Waals surface area contributed by atoms with Gasteiger partial charge in [0.05, 0.1) is 0 Å². The number of nitrogens with one attached hydrogen (secondary N) is 1. The van der Waals surface area contributed by atoms with Gasteiger partial charge in [-0.05, 0) is 57.2 Å². The summed E-state index contributed by atoms with van der Waals surface area (Å²) in [6.07, 6.45) is 6.20. The Bertz CT molecular complexity index is 449. The molecule has 0 saturated heterocycles. The number of hydrogen-bond donors (Lipinski definition) is 1. The molecule has 1 aliphatic rings. The molecule has 1 aliphatic carbocycles. The predicted octanol–water partition coefficient (Wildman–Crippen LogP) is 4.84. The average molecular weight is 293 g/mol. The summed E-state index contributed by atoms with van der Waals surface area (Å²) in [6.45, 7) is 7.06. The third-order valence-electron chi connectivity index (χ3n) is 4.60. The van der Waals surface area contributed by atoms with E-state index in [2.05, 4.69) is 12.2 Å². The van der Waals surface area contributed by atoms with Gasteiger partial charge in [-0.3, -0.25) is 0 Å². The smallest absolute Gasteiger partial charge is 0.131 e. The molecular formula is C18H28FNO. The van der Waals surface area contributed by atoms with Crippen molar-refractivity contribution in [3.8, 4) is 5.75 Å². The first-order valence-electron chi connectivity index (χ1n) is 8.35. The first kappa shape index (κ1) is 16.3. The fraction of sp³-hybridized carbons (Fsp3) is 0.667. The van der Waals surface area contributed by atoms with Crippen LogP contribution in [0.4, 0.5) is 4.39 Å². The van der Waals surface area contributed by atoms with E-state index in [1.54, 1.807) is 6.07 Å². The zero-order valence-electron chi connectivity index (χ0n) is 13.5. The van der Waals surface area contributed by atoms with Gasteiger partial charge in [-0.2, -0.15) is 0 Å². The molecule has 1 aromatic rings. The zero-order chi connectivity index (χ0) is 15.2. The Balaban J connectivity index is 2.20. The standard InChI is InChI=1S/C18H28FNO/c1-4-14-9-6-7-11-16(14)21-17-12-8-10-15(19)18(17)13(3)20-5-2/h8,10,12-14,16,20H,4-7,9,11H2,1-3H3. The lowest BCUT2D eigenvalue weighted by molar-refractivity contribution is 0.0884. The topological polar surface area (TPSA) is 21.3 Å². The molecule has 3 atom stereocenters. The van der Waals surface area contributed by atoms with Crippen molar-refractivity contribution in [3.05, 3.63) is 29.6 Å². The van der Waals surface area contributed by atoms with E-state index in [-0.39, 0.29) is 18.0 Å². The van der Waals surface area contributed by atoms with Crippen molar-refractivity contribution >= 4 is 0 Å². The van der Waals surface area contributed by atoms with Gasteiger partial charge in [-0.25, -0.2) is 4.39 Å². The van der Waals surface area contributed by atoms with Crippen LogP contribution in [-0.2, 0) is 0 Å². The van der Waals surface area contributed by atoms with E-state index in [0.717, 1.165) is 19.4 Å². The van der Waals surface area contributed by atoms with Crippen LogP contribution >= 0.6 is 0 Å². The Morgan fingerprint density at radius 1 is 1.29 bits per heavy atom. The maximum Gasteiger partial charge on any atom is 0.131 e. The van der Waals surface area contributed by atoms with Gasteiger partial charge >= 0.3 is 0 Å². The zero-order valence-corrected chi connectivity index (χ0v) is 13.5. The SMILES string of the molecule is CCNC(C)c1c(F)cccc1OC1CCCCC1CC. The van der Waals surface area contributed by atoms with Gasteiger partial charge in [-0.1, -0.05) is 26.3 Å². The van der Waals surface area contributed by atoms with Gasteiger partial charge in [0.2, 0.25) is 0 Å². The Morgan fingerprint density at radius 2 is 2.05 bits per heavy atom. The number of ether oxygens (including phenoxy) is 1. The summed E-state index contributed by atoms with van der Waals surface area (Å²) >= 11 is 0. The van der Waals surface area contributed by atoms with E-state index in [1.165, 1.54) is 25.3 Å². The molecule has 0 radical (unpaired) electrons. The van der Waals surface area contributed by atoms with Crippen molar-refractivity contribution in [3.63, 3.8) is 0 Å². The monoisotopic (exact) mass is 293 g/mol. The van der Waals surface area contributed by atoms with Crippen molar-refractivity contribution < 1.29 is 9.13 Å². The molecule has 2 nitrogen and oxygen atoms in total. The van der Waals surface area contributed by atoms with Crippen LogP contribution in [0.15, 0.2) is 18.2 Å². The molecule has 1 saturated carbocycles. The quantitative estimate of drug-likeness (QED) is 0.810. The molecule has 118 valence electrons. The molecule has 1 fully saturated rings. The summed E-state index contributed by atoms with van der Waals surface area (Å²) in [4.78, 5) is 0. The molecule has 3 heteroatoms. The average Bonchev–Trinajstić information content (AvgIpc) is 2.48. The molecule has 0 aliphatic heterocycles. The highest BCUT2D eigenvalue weighted by molar-refractivity contribution is 5.37. The van der Waals surface area contributed by atoms with Gasteiger partial charge in [0, 0.05) is 11.6 Å². The van der Waals surface area contributed by atoms with Gasteiger partial charge in [0.25, 0.3) is 0 Å². The summed E-state index contributed by atoms with van der Waals surface area (Å²) in [5.41, 5.74) is 0.666. The Kier molecular flexibility index (Phi) is 6.04. The molecule has 0 aromatic heterocycles. The number of hydrogen-bond acceptors (Lipinski definition) is 2. The minimum Gasteiger partial charge on any atom is -0.490 e. The summed E-state index contributed by atoms with van der Waals surface area (Å²) in [6, 6.07) is 5.15. The normalized spacial score (nSPS) is 23.8. The Labute approximate surface area is 128 Å². The first-order valence-corrected chi connectivity index (χ1v) is 8.35. The van der Waals surface area contributed by atoms with Gasteiger partial charge in [-0.15, -0.1) is 0 Å². The fourth-order valence-electron chi connectivity index (χ4n) is 3.41. The third-order valence-corrected chi connectivity index (χ3v) is 4.60. The predicted molar refractivity (Wildman–Crippen MR) is 85.2 cm³/mol. The maximum atomic E-state index is 14.2. The lowest BCUT2D eigenvalue weighted by atomic mass is 9.84. The minimum absolute atomic E-state index is 0.0325. The molecule has 1 aromatic carbocycles. The van der Waals surface area contributed by atoms with Crippen molar-refractivity contribution in [1.82, 2.24) is 5.32 Å². The number of halogens is 1. The van der Waals surface area contributed by atoms with Crippen LogP contribution in [0.1, 0.15) is 64.5 Å². The first-order chi connectivity index (χ1) is 10.2. The van der Waals surface area contributed by atoms with Crippen LogP contribution in [0.3, 0.4) is 0 Å². The second-order valence-corrected chi connectivity index (χ2v) is 6.04. The van der Waals surface area contributed by atoms with Gasteiger partial charge < -0.3 is 10.1 Å². The van der Waals surface area contributed by atoms with Gasteiger partial charge in [0.1, 0.15) is 17.7 Å². The molecular weight excluding hydrogens is 265 g/mol. The largest absolute Gasteiger partial charge is 0.490 e. The highest BCUT2D eigenvalue weighted by atomic mass is 19.1. The molecule has 1 N–H and O–H groups in total. The van der Waals surface area contributed by atoms with Crippen LogP contribution in [0.5, 0.6) is 5.75 Å². The fourth-order valence-corrected chi connectivity index (χ4v) is 3.41. The van der Waals surface area contributed by atoms with E-state index in [0.29, 0.717) is 17.2 Å². The van der Waals surface area contributed by atoms with E-state index >= 15 is 0 Å². The molecule has 2 rings (SSSR count). The lowest BCUT2D eigenvalue weighted by Gasteiger charge is -2.32. The Morgan fingerprint density at radius 3 is 2.76 bits per heavy atom. The van der Waals surface area contributed by atoms with E-state index in [9.17, 15) is 4.39 Å². The Hall–Kier alpha value is -1.09. The summed E-state index contributed by atoms with van der Waals surface area (Å²) in [5, 5.41) is 3.29. The molecule has 3 unspecified atom stereocenters. The van der Waals surface area contributed by atoms with Crippen molar-refractivity contribution in [2.24, 2.45) is 5.92 Å². The van der Waals surface area contributed by atoms with Crippen LogP contribution < -0.4 is 10.1 Å². The minimum atomic E-state index is -0.176. The number of rotatable bonds is 6. The molecule has 0 bridgehead atoms. The molecule has 0 spiro atoms. The van der Waals surface area contributed by atoms with Crippen molar-refractivity contribution in [1.29, 1.82) is 0 Å². The second-order valence-electron chi connectivity index (χ2n) is 6.04. The third kappa shape index (κ3) is 3.97. The van der Waals surface area contributed by atoms with Crippen molar-refractivity contribution in [2.45, 2.75) is 65.0 Å². The van der Waals surface area contributed by atoms with E-state index < -0.39 is 0 Å². The van der Waals surface area contributed by atoms with E-state index in [4.69, 9.17) is 4.74 Å². The molecule has 0 amide bonds. The summed E-state index contributed by atoms with van der Waals surface area (Å²) in [5.74, 6) is 1.14. The van der Waals surface area contributed by atoms with Crippen LogP contribution in [-0.4, -0.2) is 12.6 Å².